The third-order valence-corrected chi connectivity index (χ3v) is 5.53. The van der Waals surface area contributed by atoms with Crippen molar-refractivity contribution >= 4 is 37.7 Å². The standard InChI is InChI=1S/C17H23NO4S2/c1-4-14(22-5-2)12-17-18(9-6-10-24(19,20)21)15-11-13(3)7-8-16(15)23-17/h7-8,11-12H,4-6,9-10H2,1-3H3. The third kappa shape index (κ3) is 5.03. The smallest absolute Gasteiger partial charge is 0.266 e. The monoisotopic (exact) mass is 369 g/mol. The molecule has 24 heavy (non-hydrogen) atoms. The molecule has 0 unspecified atom stereocenters. The van der Waals surface area contributed by atoms with Gasteiger partial charge in [0.1, 0.15) is 10.5 Å². The summed E-state index contributed by atoms with van der Waals surface area (Å²) in [6, 6.07) is 6.21. The molecule has 1 aromatic heterocycles. The molecule has 7 heteroatoms. The average Bonchev–Trinajstić information content (AvgIpc) is 2.83. The lowest BCUT2D eigenvalue weighted by Crippen LogP contribution is -2.36. The molecule has 2 aromatic rings. The number of thiazole rings is 1. The Hall–Kier alpha value is -1.44. The molecule has 0 bridgehead atoms. The molecule has 0 N–H and O–H groups in total. The zero-order valence-electron chi connectivity index (χ0n) is 14.2. The zero-order chi connectivity index (χ0) is 17.7. The van der Waals surface area contributed by atoms with Crippen molar-refractivity contribution in [3.63, 3.8) is 0 Å². The number of ether oxygens (including phenoxy) is 1. The zero-order valence-corrected chi connectivity index (χ0v) is 15.9. The first-order valence-electron chi connectivity index (χ1n) is 8.04. The predicted octanol–water partition coefficient (Wildman–Crippen LogP) is 3.22. The molecule has 0 atom stereocenters. The summed E-state index contributed by atoms with van der Waals surface area (Å²) in [5.74, 6) is 0.546. The van der Waals surface area contributed by atoms with Crippen molar-refractivity contribution in [3.8, 4) is 0 Å². The largest absolute Gasteiger partial charge is 0.748 e. The summed E-state index contributed by atoms with van der Waals surface area (Å²) in [5, 5.41) is 1.00. The van der Waals surface area contributed by atoms with Crippen LogP contribution in [0.25, 0.3) is 16.3 Å². The van der Waals surface area contributed by atoms with E-state index in [9.17, 15) is 13.0 Å². The summed E-state index contributed by atoms with van der Waals surface area (Å²) < 4.78 is 41.5. The Morgan fingerprint density at radius 2 is 2.12 bits per heavy atom. The van der Waals surface area contributed by atoms with Crippen LogP contribution in [0.3, 0.4) is 0 Å². The number of rotatable bonds is 8. The number of benzene rings is 1. The third-order valence-electron chi connectivity index (χ3n) is 3.62. The van der Waals surface area contributed by atoms with Crippen LogP contribution in [0.15, 0.2) is 24.0 Å². The second-order valence-electron chi connectivity index (χ2n) is 5.58. The molecule has 0 aliphatic rings. The van der Waals surface area contributed by atoms with Crippen molar-refractivity contribution in [2.24, 2.45) is 0 Å². The molecule has 5 nitrogen and oxygen atoms in total. The number of hydrogen-bond donors (Lipinski definition) is 0. The quantitative estimate of drug-likeness (QED) is 0.407. The van der Waals surface area contributed by atoms with Gasteiger partial charge in [0.05, 0.1) is 22.8 Å². The lowest BCUT2D eigenvalue weighted by Gasteiger charge is -2.06. The summed E-state index contributed by atoms with van der Waals surface area (Å²) in [5.41, 5.74) is 2.20. The Morgan fingerprint density at radius 3 is 2.75 bits per heavy atom. The van der Waals surface area contributed by atoms with E-state index in [1.165, 1.54) is 0 Å². The van der Waals surface area contributed by atoms with Crippen molar-refractivity contribution in [1.29, 1.82) is 0 Å². The maximum Gasteiger partial charge on any atom is 0.266 e. The highest BCUT2D eigenvalue weighted by molar-refractivity contribution is 7.85. The minimum absolute atomic E-state index is 0.299. The summed E-state index contributed by atoms with van der Waals surface area (Å²) >= 11 is 1.64. The minimum atomic E-state index is -4.19. The Morgan fingerprint density at radius 1 is 1.38 bits per heavy atom. The SMILES string of the molecule is CCOC(=Cc1sc2ccc(C)cc2[n+]1CCCS(=O)(=O)[O-])CC. The van der Waals surface area contributed by atoms with Crippen LogP contribution in [0, 0.1) is 6.92 Å². The van der Waals surface area contributed by atoms with E-state index in [1.807, 2.05) is 26.8 Å². The maximum absolute atomic E-state index is 10.9. The summed E-state index contributed by atoms with van der Waals surface area (Å²) in [6.07, 6.45) is 3.10. The van der Waals surface area contributed by atoms with Gasteiger partial charge in [-0.1, -0.05) is 24.3 Å². The minimum Gasteiger partial charge on any atom is -0.748 e. The van der Waals surface area contributed by atoms with Gasteiger partial charge in [-0.25, -0.2) is 8.42 Å². The predicted molar refractivity (Wildman–Crippen MR) is 95.8 cm³/mol. The number of hydrogen-bond acceptors (Lipinski definition) is 5. The summed E-state index contributed by atoms with van der Waals surface area (Å²) in [4.78, 5) is 0. The molecular formula is C17H23NO4S2. The molecule has 0 saturated heterocycles. The second-order valence-corrected chi connectivity index (χ2v) is 8.16. The molecule has 2 rings (SSSR count). The maximum atomic E-state index is 10.9. The van der Waals surface area contributed by atoms with Crippen molar-refractivity contribution < 1.29 is 22.3 Å². The van der Waals surface area contributed by atoms with Crippen molar-refractivity contribution in [2.75, 3.05) is 12.4 Å². The molecule has 0 saturated carbocycles. The molecule has 0 spiro atoms. The van der Waals surface area contributed by atoms with Crippen LogP contribution < -0.4 is 4.57 Å². The Bertz CT molecular complexity index is 838. The molecular weight excluding hydrogens is 346 g/mol. The lowest BCUT2D eigenvalue weighted by molar-refractivity contribution is -0.668. The van der Waals surface area contributed by atoms with E-state index < -0.39 is 10.1 Å². The van der Waals surface area contributed by atoms with Crippen LogP contribution in [-0.2, 0) is 21.4 Å². The van der Waals surface area contributed by atoms with Gasteiger partial charge in [0.15, 0.2) is 6.54 Å². The summed E-state index contributed by atoms with van der Waals surface area (Å²) in [6.45, 7) is 7.10. The molecule has 1 heterocycles. The number of allylic oxidation sites excluding steroid dienone is 1. The van der Waals surface area contributed by atoms with E-state index in [-0.39, 0.29) is 5.75 Å². The fourth-order valence-electron chi connectivity index (χ4n) is 2.52. The van der Waals surface area contributed by atoms with Gasteiger partial charge >= 0.3 is 0 Å². The van der Waals surface area contributed by atoms with Gasteiger partial charge in [-0.05, 0) is 25.5 Å². The van der Waals surface area contributed by atoms with Crippen molar-refractivity contribution in [3.05, 3.63) is 34.5 Å². The van der Waals surface area contributed by atoms with Gasteiger partial charge in [-0.2, -0.15) is 4.57 Å². The molecule has 0 radical (unpaired) electrons. The second kappa shape index (κ2) is 8.09. The first-order valence-corrected chi connectivity index (χ1v) is 10.4. The van der Waals surface area contributed by atoms with Crippen molar-refractivity contribution in [1.82, 2.24) is 0 Å². The first-order chi connectivity index (χ1) is 11.3. The topological polar surface area (TPSA) is 70.3 Å². The normalized spacial score (nSPS) is 12.8. The fourth-order valence-corrected chi connectivity index (χ4v) is 4.13. The number of nitrogens with zero attached hydrogens (tertiary/aromatic N) is 1. The van der Waals surface area contributed by atoms with Crippen LogP contribution in [0.4, 0.5) is 0 Å². The van der Waals surface area contributed by atoms with E-state index in [4.69, 9.17) is 4.74 Å². The number of aryl methyl sites for hydroxylation is 2. The first kappa shape index (κ1) is 18.9. The number of fused-ring (bicyclic) bond motifs is 1. The van der Waals surface area contributed by atoms with Gasteiger partial charge in [0, 0.05) is 24.7 Å². The van der Waals surface area contributed by atoms with Crippen LogP contribution in [-0.4, -0.2) is 25.3 Å². The highest BCUT2D eigenvalue weighted by Gasteiger charge is 2.20. The van der Waals surface area contributed by atoms with Crippen LogP contribution >= 0.6 is 11.3 Å². The highest BCUT2D eigenvalue weighted by atomic mass is 32.2. The van der Waals surface area contributed by atoms with Gasteiger partial charge < -0.3 is 9.29 Å². The van der Waals surface area contributed by atoms with Crippen molar-refractivity contribution in [2.45, 2.75) is 40.2 Å². The van der Waals surface area contributed by atoms with E-state index >= 15 is 0 Å². The average molecular weight is 370 g/mol. The van der Waals surface area contributed by atoms with E-state index in [1.54, 1.807) is 11.3 Å². The highest BCUT2D eigenvalue weighted by Crippen LogP contribution is 2.24. The van der Waals surface area contributed by atoms with Gasteiger partial charge in [0.2, 0.25) is 5.52 Å². The Kier molecular flexibility index (Phi) is 6.37. The molecule has 0 aliphatic carbocycles. The van der Waals surface area contributed by atoms with Crippen LogP contribution in [0.2, 0.25) is 0 Å². The Balaban J connectivity index is 2.43. The lowest BCUT2D eigenvalue weighted by atomic mass is 10.2. The molecule has 0 aliphatic heterocycles. The van der Waals surface area contributed by atoms with Crippen LogP contribution in [0.1, 0.15) is 37.3 Å². The molecule has 132 valence electrons. The molecule has 1 aromatic carbocycles. The molecule has 0 amide bonds. The van der Waals surface area contributed by atoms with Gasteiger partial charge in [-0.3, -0.25) is 0 Å². The van der Waals surface area contributed by atoms with E-state index in [0.717, 1.165) is 33.0 Å². The van der Waals surface area contributed by atoms with E-state index in [0.29, 0.717) is 19.6 Å². The Labute approximate surface area is 147 Å². The number of aromatic nitrogens is 1. The molecule has 0 fully saturated rings. The fraction of sp³-hybridized carbons (Fsp3) is 0.471. The van der Waals surface area contributed by atoms with Crippen LogP contribution in [0.5, 0.6) is 0 Å². The van der Waals surface area contributed by atoms with Gasteiger partial charge in [-0.15, -0.1) is 0 Å². The van der Waals surface area contributed by atoms with Gasteiger partial charge in [0.25, 0.3) is 5.01 Å². The summed E-state index contributed by atoms with van der Waals surface area (Å²) in [7, 11) is -4.19. The van der Waals surface area contributed by atoms with E-state index in [2.05, 4.69) is 22.8 Å².